The molecule has 3 rings (SSSR count). The van der Waals surface area contributed by atoms with Crippen LogP contribution in [0.15, 0.2) is 48.6 Å². The zero-order valence-corrected chi connectivity index (χ0v) is 19.9. The van der Waals surface area contributed by atoms with Gasteiger partial charge in [-0.05, 0) is 56.2 Å². The molecule has 176 valence electrons. The number of likely N-dealkylation sites (tertiary alicyclic amines) is 1. The quantitative estimate of drug-likeness (QED) is 0.482. The van der Waals surface area contributed by atoms with Gasteiger partial charge in [-0.1, -0.05) is 18.7 Å². The van der Waals surface area contributed by atoms with Gasteiger partial charge in [0, 0.05) is 17.8 Å². The van der Waals surface area contributed by atoms with Crippen molar-refractivity contribution in [2.75, 3.05) is 26.6 Å². The van der Waals surface area contributed by atoms with E-state index in [9.17, 15) is 9.59 Å². The second kappa shape index (κ2) is 9.44. The fourth-order valence-electron chi connectivity index (χ4n) is 3.72. The Bertz CT molecular complexity index is 1050. The van der Waals surface area contributed by atoms with Crippen molar-refractivity contribution in [3.05, 3.63) is 59.7 Å². The summed E-state index contributed by atoms with van der Waals surface area (Å²) in [6, 6.07) is 10.6. The minimum atomic E-state index is -0.604. The number of methoxy groups -OCH3 is 3. The lowest BCUT2D eigenvalue weighted by atomic mass is 9.88. The van der Waals surface area contributed by atoms with Crippen molar-refractivity contribution in [2.45, 2.75) is 39.0 Å². The SMILES string of the molecule is C=C1C(=O)N(Cc2cc(OC)c(OC)c(OC)c2)C1c1cccc(NC(=O)OC(C)(C)C)c1. The Labute approximate surface area is 194 Å². The van der Waals surface area contributed by atoms with Crippen LogP contribution >= 0.6 is 0 Å². The predicted molar refractivity (Wildman–Crippen MR) is 125 cm³/mol. The van der Waals surface area contributed by atoms with E-state index in [2.05, 4.69) is 11.9 Å². The summed E-state index contributed by atoms with van der Waals surface area (Å²) in [5.41, 5.74) is 2.10. The molecular weight excluding hydrogens is 424 g/mol. The second-order valence-corrected chi connectivity index (χ2v) is 8.65. The van der Waals surface area contributed by atoms with Crippen molar-refractivity contribution in [1.82, 2.24) is 4.90 Å². The van der Waals surface area contributed by atoms with E-state index in [1.807, 2.05) is 30.3 Å². The first-order valence-electron chi connectivity index (χ1n) is 10.5. The van der Waals surface area contributed by atoms with Crippen LogP contribution in [0.25, 0.3) is 0 Å². The molecule has 1 aliphatic rings. The first kappa shape index (κ1) is 24.0. The molecule has 33 heavy (non-hydrogen) atoms. The molecule has 0 spiro atoms. The molecule has 1 fully saturated rings. The molecule has 0 saturated carbocycles. The van der Waals surface area contributed by atoms with Gasteiger partial charge in [-0.15, -0.1) is 0 Å². The molecule has 2 amide bonds. The zero-order valence-electron chi connectivity index (χ0n) is 19.9. The van der Waals surface area contributed by atoms with Gasteiger partial charge < -0.3 is 23.8 Å². The first-order chi connectivity index (χ1) is 15.6. The van der Waals surface area contributed by atoms with Gasteiger partial charge in [-0.3, -0.25) is 10.1 Å². The fraction of sp³-hybridized carbons (Fsp3) is 0.360. The van der Waals surface area contributed by atoms with Gasteiger partial charge in [0.05, 0.1) is 27.4 Å². The molecule has 8 heteroatoms. The van der Waals surface area contributed by atoms with Gasteiger partial charge in [0.15, 0.2) is 11.5 Å². The van der Waals surface area contributed by atoms with Crippen LogP contribution in [-0.4, -0.2) is 43.8 Å². The van der Waals surface area contributed by atoms with E-state index in [1.54, 1.807) is 46.0 Å². The Hall–Kier alpha value is -3.68. The van der Waals surface area contributed by atoms with Crippen LogP contribution in [0.1, 0.15) is 37.9 Å². The smallest absolute Gasteiger partial charge is 0.412 e. The third kappa shape index (κ3) is 5.22. The number of benzene rings is 2. The number of nitrogens with zero attached hydrogens (tertiary/aromatic N) is 1. The summed E-state index contributed by atoms with van der Waals surface area (Å²) in [5.74, 6) is 1.37. The summed E-state index contributed by atoms with van der Waals surface area (Å²) in [6.45, 7) is 9.67. The molecule has 1 atom stereocenters. The molecule has 1 saturated heterocycles. The van der Waals surface area contributed by atoms with Gasteiger partial charge in [0.1, 0.15) is 5.60 Å². The molecule has 2 aromatic rings. The van der Waals surface area contributed by atoms with Crippen molar-refractivity contribution in [1.29, 1.82) is 0 Å². The fourth-order valence-corrected chi connectivity index (χ4v) is 3.72. The normalized spacial score (nSPS) is 15.6. The van der Waals surface area contributed by atoms with Crippen LogP contribution in [0, 0.1) is 0 Å². The summed E-state index contributed by atoms with van der Waals surface area (Å²) in [4.78, 5) is 26.5. The summed E-state index contributed by atoms with van der Waals surface area (Å²) < 4.78 is 21.5. The molecule has 1 heterocycles. The molecule has 0 aromatic heterocycles. The van der Waals surface area contributed by atoms with Crippen molar-refractivity contribution >= 4 is 17.7 Å². The topological polar surface area (TPSA) is 86.3 Å². The number of rotatable bonds is 7. The molecule has 2 aromatic carbocycles. The van der Waals surface area contributed by atoms with Crippen molar-refractivity contribution < 1.29 is 28.5 Å². The standard InChI is InChI=1S/C25H30N2O6/c1-15-21(17-9-8-10-18(13-17)26-24(29)33-25(2,3)4)27(23(15)28)14-16-11-19(30-5)22(32-7)20(12-16)31-6/h8-13,21H,1,14H2,2-7H3,(H,26,29). The highest BCUT2D eigenvalue weighted by molar-refractivity contribution is 6.01. The van der Waals surface area contributed by atoms with Crippen LogP contribution in [0.3, 0.4) is 0 Å². The van der Waals surface area contributed by atoms with E-state index < -0.39 is 11.7 Å². The number of hydrogen-bond donors (Lipinski definition) is 1. The number of hydrogen-bond acceptors (Lipinski definition) is 6. The van der Waals surface area contributed by atoms with Crippen LogP contribution in [-0.2, 0) is 16.1 Å². The molecule has 1 N–H and O–H groups in total. The lowest BCUT2D eigenvalue weighted by molar-refractivity contribution is -0.138. The highest BCUT2D eigenvalue weighted by atomic mass is 16.6. The average Bonchev–Trinajstić information content (AvgIpc) is 2.76. The van der Waals surface area contributed by atoms with Crippen molar-refractivity contribution in [2.24, 2.45) is 0 Å². The van der Waals surface area contributed by atoms with E-state index in [4.69, 9.17) is 18.9 Å². The largest absolute Gasteiger partial charge is 0.493 e. The van der Waals surface area contributed by atoms with Crippen LogP contribution in [0.4, 0.5) is 10.5 Å². The zero-order chi connectivity index (χ0) is 24.3. The molecule has 8 nitrogen and oxygen atoms in total. The number of carbonyl (C=O) groups is 2. The lowest BCUT2D eigenvalue weighted by Crippen LogP contribution is -2.47. The molecule has 1 unspecified atom stereocenters. The van der Waals surface area contributed by atoms with Gasteiger partial charge in [0.25, 0.3) is 5.91 Å². The van der Waals surface area contributed by atoms with E-state index in [0.717, 1.165) is 11.1 Å². The Morgan fingerprint density at radius 1 is 1.06 bits per heavy atom. The van der Waals surface area contributed by atoms with Gasteiger partial charge in [-0.2, -0.15) is 0 Å². The third-order valence-corrected chi connectivity index (χ3v) is 5.10. The van der Waals surface area contributed by atoms with E-state index >= 15 is 0 Å². The first-order valence-corrected chi connectivity index (χ1v) is 10.5. The Kier molecular flexibility index (Phi) is 6.86. The van der Waals surface area contributed by atoms with Crippen LogP contribution < -0.4 is 19.5 Å². The number of anilines is 1. The van der Waals surface area contributed by atoms with E-state index in [-0.39, 0.29) is 11.9 Å². The summed E-state index contributed by atoms with van der Waals surface area (Å²) in [7, 11) is 4.63. The maximum Gasteiger partial charge on any atom is 0.412 e. The highest BCUT2D eigenvalue weighted by Crippen LogP contribution is 2.43. The average molecular weight is 455 g/mol. The Balaban J connectivity index is 1.83. The van der Waals surface area contributed by atoms with Gasteiger partial charge >= 0.3 is 6.09 Å². The van der Waals surface area contributed by atoms with Crippen LogP contribution in [0.2, 0.25) is 0 Å². The molecular formula is C25H30N2O6. The number of nitrogens with one attached hydrogen (secondary N) is 1. The summed E-state index contributed by atoms with van der Waals surface area (Å²) in [6.07, 6.45) is -0.544. The summed E-state index contributed by atoms with van der Waals surface area (Å²) in [5, 5.41) is 2.73. The highest BCUT2D eigenvalue weighted by Gasteiger charge is 2.41. The Morgan fingerprint density at radius 2 is 1.70 bits per heavy atom. The number of amides is 2. The van der Waals surface area contributed by atoms with Crippen LogP contribution in [0.5, 0.6) is 17.2 Å². The molecule has 0 radical (unpaired) electrons. The van der Waals surface area contributed by atoms with Crippen molar-refractivity contribution in [3.8, 4) is 17.2 Å². The van der Waals surface area contributed by atoms with Crippen molar-refractivity contribution in [3.63, 3.8) is 0 Å². The maximum atomic E-state index is 12.7. The number of β-lactam (4-membered cyclic amide) rings is 1. The summed E-state index contributed by atoms with van der Waals surface area (Å²) >= 11 is 0. The monoisotopic (exact) mass is 454 g/mol. The second-order valence-electron chi connectivity index (χ2n) is 8.65. The molecule has 0 aliphatic carbocycles. The number of carbonyl (C=O) groups excluding carboxylic acids is 2. The van der Waals surface area contributed by atoms with Gasteiger partial charge in [0.2, 0.25) is 5.75 Å². The third-order valence-electron chi connectivity index (χ3n) is 5.10. The Morgan fingerprint density at radius 3 is 2.24 bits per heavy atom. The van der Waals surface area contributed by atoms with Gasteiger partial charge in [-0.25, -0.2) is 4.79 Å². The van der Waals surface area contributed by atoms with E-state index in [1.165, 1.54) is 7.11 Å². The minimum absolute atomic E-state index is 0.140. The number of ether oxygens (including phenoxy) is 4. The lowest BCUT2D eigenvalue weighted by Gasteiger charge is -2.43. The molecule has 0 bridgehead atoms. The maximum absolute atomic E-state index is 12.7. The molecule has 1 aliphatic heterocycles. The predicted octanol–water partition coefficient (Wildman–Crippen LogP) is 4.70. The minimum Gasteiger partial charge on any atom is -0.493 e. The van der Waals surface area contributed by atoms with E-state index in [0.29, 0.717) is 35.1 Å².